The van der Waals surface area contributed by atoms with Crippen molar-refractivity contribution in [2.24, 2.45) is 0 Å². The number of amides is 1. The smallest absolute Gasteiger partial charge is 0.407 e. The average Bonchev–Trinajstić information content (AvgIpc) is 2.29. The third-order valence-corrected chi connectivity index (χ3v) is 1.80. The van der Waals surface area contributed by atoms with Crippen LogP contribution in [0, 0.1) is 6.92 Å². The van der Waals surface area contributed by atoms with Gasteiger partial charge >= 0.3 is 6.09 Å². The van der Waals surface area contributed by atoms with Crippen LogP contribution >= 0.6 is 0 Å². The van der Waals surface area contributed by atoms with E-state index < -0.39 is 11.7 Å². The third-order valence-electron chi connectivity index (χ3n) is 1.80. The maximum absolute atomic E-state index is 11.3. The predicted octanol–water partition coefficient (Wildman–Crippen LogP) is 1.39. The molecule has 1 N–H and O–H groups in total. The highest BCUT2D eigenvalue weighted by molar-refractivity contribution is 5.67. The third kappa shape index (κ3) is 15.1. The lowest BCUT2D eigenvalue weighted by molar-refractivity contribution is 0.0184. The van der Waals surface area contributed by atoms with Gasteiger partial charge in [-0.3, -0.25) is 0 Å². The largest absolute Gasteiger partial charge is 0.444 e. The summed E-state index contributed by atoms with van der Waals surface area (Å²) in [4.78, 5) is 11.3. The lowest BCUT2D eigenvalue weighted by Crippen LogP contribution is -2.34. The first-order valence-corrected chi connectivity index (χ1v) is 6.45. The number of nitrogens with one attached hydrogen (secondary N) is 1. The Morgan fingerprint density at radius 3 is 2.05 bits per heavy atom. The van der Waals surface area contributed by atoms with E-state index in [9.17, 15) is 4.79 Å². The van der Waals surface area contributed by atoms with Crippen molar-refractivity contribution in [3.05, 3.63) is 6.92 Å². The van der Waals surface area contributed by atoms with E-state index >= 15 is 0 Å². The fourth-order valence-corrected chi connectivity index (χ4v) is 1.08. The van der Waals surface area contributed by atoms with Crippen LogP contribution in [0.15, 0.2) is 0 Å². The molecule has 0 aliphatic carbocycles. The molecule has 1 amide bonds. The zero-order valence-corrected chi connectivity index (χ0v) is 12.2. The molecule has 0 fully saturated rings. The zero-order chi connectivity index (χ0) is 14.6. The number of rotatable bonds is 10. The molecule has 0 aromatic heterocycles. The van der Waals surface area contributed by atoms with Gasteiger partial charge in [-0.05, 0) is 27.7 Å². The van der Waals surface area contributed by atoms with Gasteiger partial charge in [0.05, 0.1) is 33.0 Å². The van der Waals surface area contributed by atoms with Crippen molar-refractivity contribution in [2.45, 2.75) is 26.4 Å². The zero-order valence-electron chi connectivity index (χ0n) is 12.2. The number of carbonyl (C=O) groups is 1. The molecule has 0 atom stereocenters. The van der Waals surface area contributed by atoms with Crippen molar-refractivity contribution in [3.8, 4) is 0 Å². The molecular weight excluding hydrogens is 250 g/mol. The Labute approximate surface area is 115 Å². The molecule has 19 heavy (non-hydrogen) atoms. The molecule has 0 spiro atoms. The van der Waals surface area contributed by atoms with Gasteiger partial charge in [0.15, 0.2) is 0 Å². The quantitative estimate of drug-likeness (QED) is 0.611. The Morgan fingerprint density at radius 1 is 1.00 bits per heavy atom. The predicted molar refractivity (Wildman–Crippen MR) is 72.1 cm³/mol. The molecule has 0 saturated heterocycles. The summed E-state index contributed by atoms with van der Waals surface area (Å²) in [5, 5.41) is 2.60. The first-order chi connectivity index (χ1) is 8.95. The minimum absolute atomic E-state index is 0.416. The maximum Gasteiger partial charge on any atom is 0.407 e. The molecule has 113 valence electrons. The summed E-state index contributed by atoms with van der Waals surface area (Å²) in [6.45, 7) is 12.4. The average molecular weight is 276 g/mol. The Balaban J connectivity index is 3.21. The van der Waals surface area contributed by atoms with E-state index in [1.807, 2.05) is 20.8 Å². The van der Waals surface area contributed by atoms with Crippen LogP contribution in [0.2, 0.25) is 0 Å². The second-order valence-corrected chi connectivity index (χ2v) is 4.77. The monoisotopic (exact) mass is 276 g/mol. The van der Waals surface area contributed by atoms with Crippen molar-refractivity contribution in [2.75, 3.05) is 46.2 Å². The second kappa shape index (κ2) is 11.0. The van der Waals surface area contributed by atoms with Crippen LogP contribution in [0.4, 0.5) is 4.79 Å². The molecule has 0 aromatic carbocycles. The molecule has 0 heterocycles. The van der Waals surface area contributed by atoms with E-state index in [1.165, 1.54) is 0 Å². The van der Waals surface area contributed by atoms with Crippen molar-refractivity contribution in [1.82, 2.24) is 5.32 Å². The topological polar surface area (TPSA) is 66.0 Å². The molecule has 6 heteroatoms. The SMILES string of the molecule is [CH2]COCCOCCOCCNC(=O)OC(C)(C)C. The van der Waals surface area contributed by atoms with Crippen LogP contribution in [0.5, 0.6) is 0 Å². The normalized spacial score (nSPS) is 11.4. The number of carbonyl (C=O) groups excluding carboxylic acids is 1. The van der Waals surface area contributed by atoms with Crippen molar-refractivity contribution < 1.29 is 23.7 Å². The standard InChI is InChI=1S/C13H26NO5/c1-5-16-8-9-18-11-10-17-7-6-14-12(15)19-13(2,3)4/h1,5-11H2,2-4H3,(H,14,15). The van der Waals surface area contributed by atoms with Gasteiger partial charge in [0.25, 0.3) is 0 Å². The van der Waals surface area contributed by atoms with E-state index in [2.05, 4.69) is 12.2 Å². The second-order valence-electron chi connectivity index (χ2n) is 4.77. The highest BCUT2D eigenvalue weighted by atomic mass is 16.6. The lowest BCUT2D eigenvalue weighted by atomic mass is 10.2. The van der Waals surface area contributed by atoms with E-state index in [4.69, 9.17) is 18.9 Å². The first kappa shape index (κ1) is 18.1. The van der Waals surface area contributed by atoms with Crippen molar-refractivity contribution in [1.29, 1.82) is 0 Å². The lowest BCUT2D eigenvalue weighted by Gasteiger charge is -2.19. The summed E-state index contributed by atoms with van der Waals surface area (Å²) in [7, 11) is 0. The number of ether oxygens (including phenoxy) is 4. The summed E-state index contributed by atoms with van der Waals surface area (Å²) in [5.74, 6) is 0. The van der Waals surface area contributed by atoms with Gasteiger partial charge in [0, 0.05) is 13.2 Å². The molecule has 0 bridgehead atoms. The summed E-state index contributed by atoms with van der Waals surface area (Å²) in [6, 6.07) is 0. The Morgan fingerprint density at radius 2 is 1.53 bits per heavy atom. The Kier molecular flexibility index (Phi) is 10.5. The number of hydrogen-bond acceptors (Lipinski definition) is 5. The van der Waals surface area contributed by atoms with Crippen molar-refractivity contribution >= 4 is 6.09 Å². The van der Waals surface area contributed by atoms with Gasteiger partial charge in [0.1, 0.15) is 5.60 Å². The summed E-state index contributed by atoms with van der Waals surface area (Å²) < 4.78 is 20.6. The summed E-state index contributed by atoms with van der Waals surface area (Å²) >= 11 is 0. The van der Waals surface area contributed by atoms with E-state index in [1.54, 1.807) is 0 Å². The number of hydrogen-bond donors (Lipinski definition) is 1. The van der Waals surface area contributed by atoms with Gasteiger partial charge in [-0.25, -0.2) is 4.79 Å². The molecule has 6 nitrogen and oxygen atoms in total. The van der Waals surface area contributed by atoms with Crippen molar-refractivity contribution in [3.63, 3.8) is 0 Å². The van der Waals surface area contributed by atoms with Crippen LogP contribution in [-0.4, -0.2) is 57.9 Å². The van der Waals surface area contributed by atoms with Gasteiger partial charge in [-0.2, -0.15) is 0 Å². The fourth-order valence-electron chi connectivity index (χ4n) is 1.08. The summed E-state index contributed by atoms with van der Waals surface area (Å²) in [6.07, 6.45) is -0.433. The molecule has 1 radical (unpaired) electrons. The van der Waals surface area contributed by atoms with Crippen LogP contribution in [0.1, 0.15) is 20.8 Å². The van der Waals surface area contributed by atoms with Gasteiger partial charge in [-0.1, -0.05) is 0 Å². The Hall–Kier alpha value is -0.850. The molecule has 0 saturated carbocycles. The molecule has 0 aliphatic heterocycles. The molecule has 0 rings (SSSR count). The van der Waals surface area contributed by atoms with Crippen LogP contribution in [0.3, 0.4) is 0 Å². The maximum atomic E-state index is 11.3. The highest BCUT2D eigenvalue weighted by Crippen LogP contribution is 2.05. The highest BCUT2D eigenvalue weighted by Gasteiger charge is 2.15. The van der Waals surface area contributed by atoms with E-state index in [0.717, 1.165) is 0 Å². The van der Waals surface area contributed by atoms with Crippen LogP contribution in [-0.2, 0) is 18.9 Å². The van der Waals surface area contributed by atoms with E-state index in [-0.39, 0.29) is 0 Å². The molecule has 0 aromatic rings. The Bertz CT molecular complexity index is 228. The van der Waals surface area contributed by atoms with E-state index in [0.29, 0.717) is 46.2 Å². The fraction of sp³-hybridized carbons (Fsp3) is 0.846. The minimum Gasteiger partial charge on any atom is -0.444 e. The van der Waals surface area contributed by atoms with Crippen LogP contribution in [0.25, 0.3) is 0 Å². The number of alkyl carbamates (subject to hydrolysis) is 1. The van der Waals surface area contributed by atoms with Gasteiger partial charge in [-0.15, -0.1) is 0 Å². The van der Waals surface area contributed by atoms with Gasteiger partial charge in [0.2, 0.25) is 0 Å². The molecule has 0 aliphatic rings. The van der Waals surface area contributed by atoms with Crippen LogP contribution < -0.4 is 5.32 Å². The molecule has 0 unspecified atom stereocenters. The first-order valence-electron chi connectivity index (χ1n) is 6.45. The summed E-state index contributed by atoms with van der Waals surface area (Å²) in [5.41, 5.74) is -0.477. The minimum atomic E-state index is -0.477. The molecular formula is C13H26NO5. The van der Waals surface area contributed by atoms with Gasteiger partial charge < -0.3 is 24.3 Å².